The summed E-state index contributed by atoms with van der Waals surface area (Å²) in [5.74, 6) is -0.0832. The van der Waals surface area contributed by atoms with Gasteiger partial charge in [-0.1, -0.05) is 18.5 Å². The summed E-state index contributed by atoms with van der Waals surface area (Å²) in [6.07, 6.45) is 2.31. The molecule has 1 aromatic rings. The zero-order valence-electron chi connectivity index (χ0n) is 9.59. The summed E-state index contributed by atoms with van der Waals surface area (Å²) in [6, 6.07) is 0. The van der Waals surface area contributed by atoms with Crippen LogP contribution in [-0.4, -0.2) is 36.4 Å². The van der Waals surface area contributed by atoms with E-state index in [1.807, 2.05) is 0 Å². The summed E-state index contributed by atoms with van der Waals surface area (Å²) >= 11 is 5.78. The summed E-state index contributed by atoms with van der Waals surface area (Å²) in [5, 5.41) is 13.5. The molecule has 0 fully saturated rings. The third-order valence-electron chi connectivity index (χ3n) is 2.23. The summed E-state index contributed by atoms with van der Waals surface area (Å²) in [5.41, 5.74) is -0.195. The Hall–Kier alpha value is -1.41. The van der Waals surface area contributed by atoms with Gasteiger partial charge in [-0.25, -0.2) is 8.42 Å². The molecule has 7 nitrogen and oxygen atoms in total. The molecule has 18 heavy (non-hydrogen) atoms. The normalized spacial score (nSPS) is 11.2. The highest BCUT2D eigenvalue weighted by molar-refractivity contribution is 7.91. The lowest BCUT2D eigenvalue weighted by Gasteiger charge is -2.08. The average Bonchev–Trinajstić information content (AvgIpc) is 2.30. The van der Waals surface area contributed by atoms with E-state index in [2.05, 4.69) is 10.3 Å². The molecule has 1 heterocycles. The molecule has 0 aliphatic rings. The van der Waals surface area contributed by atoms with Crippen molar-refractivity contribution in [1.29, 1.82) is 0 Å². The number of aromatic nitrogens is 1. The lowest BCUT2D eigenvalue weighted by molar-refractivity contribution is -0.384. The summed E-state index contributed by atoms with van der Waals surface area (Å²) in [6.45, 7) is 1.60. The molecule has 0 amide bonds. The number of rotatable bonds is 6. The van der Waals surface area contributed by atoms with Crippen LogP contribution in [0.1, 0.15) is 6.92 Å². The second-order valence-electron chi connectivity index (χ2n) is 3.44. The van der Waals surface area contributed by atoms with Gasteiger partial charge in [-0.05, 0) is 0 Å². The van der Waals surface area contributed by atoms with E-state index in [4.69, 9.17) is 11.6 Å². The van der Waals surface area contributed by atoms with Crippen LogP contribution < -0.4 is 5.32 Å². The van der Waals surface area contributed by atoms with Gasteiger partial charge >= 0.3 is 5.69 Å². The van der Waals surface area contributed by atoms with E-state index < -0.39 is 14.8 Å². The van der Waals surface area contributed by atoms with Crippen LogP contribution in [0, 0.1) is 10.1 Å². The number of halogens is 1. The van der Waals surface area contributed by atoms with Crippen LogP contribution in [-0.2, 0) is 9.84 Å². The van der Waals surface area contributed by atoms with Crippen molar-refractivity contribution in [3.8, 4) is 0 Å². The minimum atomic E-state index is -3.13. The molecule has 100 valence electrons. The third-order valence-corrected chi connectivity index (χ3v) is 4.22. The smallest absolute Gasteiger partial charge is 0.311 e. The first kappa shape index (κ1) is 14.7. The number of hydrogen-bond donors (Lipinski definition) is 1. The number of nitrogens with zero attached hydrogens (tertiary/aromatic N) is 2. The highest BCUT2D eigenvalue weighted by atomic mass is 35.5. The molecule has 1 aromatic heterocycles. The quantitative estimate of drug-likeness (QED) is 0.629. The number of nitrogens with one attached hydrogen (secondary N) is 1. The molecule has 0 aliphatic heterocycles. The Bertz CT molecular complexity index is 547. The standard InChI is InChI=1S/C9H12ClN3O4S/c1-2-18(16,17)4-3-12-9-7(10)5-11-6-8(9)13(14)15/h5-6H,2-4H2,1H3,(H,11,12). The van der Waals surface area contributed by atoms with Gasteiger partial charge in [-0.15, -0.1) is 0 Å². The Morgan fingerprint density at radius 2 is 2.17 bits per heavy atom. The van der Waals surface area contributed by atoms with Crippen molar-refractivity contribution in [3.05, 3.63) is 27.5 Å². The molecule has 0 bridgehead atoms. The van der Waals surface area contributed by atoms with Gasteiger partial charge in [-0.2, -0.15) is 0 Å². The topological polar surface area (TPSA) is 102 Å². The van der Waals surface area contributed by atoms with Gasteiger partial charge in [0, 0.05) is 18.5 Å². The Balaban J connectivity index is 2.82. The van der Waals surface area contributed by atoms with Crippen LogP contribution >= 0.6 is 11.6 Å². The molecule has 0 saturated carbocycles. The molecule has 0 aromatic carbocycles. The van der Waals surface area contributed by atoms with Crippen molar-refractivity contribution >= 4 is 32.8 Å². The van der Waals surface area contributed by atoms with Crippen molar-refractivity contribution in [3.63, 3.8) is 0 Å². The first-order valence-electron chi connectivity index (χ1n) is 5.09. The van der Waals surface area contributed by atoms with E-state index in [1.54, 1.807) is 0 Å². The summed E-state index contributed by atoms with van der Waals surface area (Å²) in [7, 11) is -3.13. The second-order valence-corrected chi connectivity index (χ2v) is 6.32. The van der Waals surface area contributed by atoms with Crippen molar-refractivity contribution in [2.24, 2.45) is 0 Å². The lowest BCUT2D eigenvalue weighted by Crippen LogP contribution is -2.17. The van der Waals surface area contributed by atoms with Crippen molar-refractivity contribution in [1.82, 2.24) is 4.98 Å². The number of anilines is 1. The first-order valence-corrected chi connectivity index (χ1v) is 7.29. The van der Waals surface area contributed by atoms with Gasteiger partial charge in [0.2, 0.25) is 0 Å². The molecule has 0 saturated heterocycles. The SMILES string of the molecule is CCS(=O)(=O)CCNc1c(Cl)cncc1[N+](=O)[O-]. The van der Waals surface area contributed by atoms with Crippen LogP contribution in [0.2, 0.25) is 5.02 Å². The van der Waals surface area contributed by atoms with Gasteiger partial charge in [0.1, 0.15) is 11.9 Å². The minimum absolute atomic E-state index is 0.0286. The molecule has 1 N–H and O–H groups in total. The van der Waals surface area contributed by atoms with Gasteiger partial charge in [0.05, 0.1) is 15.7 Å². The van der Waals surface area contributed by atoms with Gasteiger partial charge < -0.3 is 5.32 Å². The molecule has 0 aliphatic carbocycles. The maximum atomic E-state index is 11.3. The molecule has 0 radical (unpaired) electrons. The molecular weight excluding hydrogens is 282 g/mol. The van der Waals surface area contributed by atoms with Gasteiger partial charge in [0.15, 0.2) is 9.84 Å². The highest BCUT2D eigenvalue weighted by Gasteiger charge is 2.17. The van der Waals surface area contributed by atoms with Crippen molar-refractivity contribution < 1.29 is 13.3 Å². The number of sulfone groups is 1. The molecule has 0 atom stereocenters. The van der Waals surface area contributed by atoms with Gasteiger partial charge in [-0.3, -0.25) is 15.1 Å². The highest BCUT2D eigenvalue weighted by Crippen LogP contribution is 2.30. The van der Waals surface area contributed by atoms with Crippen molar-refractivity contribution in [2.75, 3.05) is 23.4 Å². The third kappa shape index (κ3) is 3.81. The second kappa shape index (κ2) is 5.96. The van der Waals surface area contributed by atoms with Crippen LogP contribution in [0.5, 0.6) is 0 Å². The minimum Gasteiger partial charge on any atom is -0.377 e. The van der Waals surface area contributed by atoms with E-state index in [1.165, 1.54) is 13.1 Å². The Labute approximate surface area is 109 Å². The average molecular weight is 294 g/mol. The van der Waals surface area contributed by atoms with Crippen LogP contribution in [0.3, 0.4) is 0 Å². The van der Waals surface area contributed by atoms with E-state index in [-0.39, 0.29) is 34.4 Å². The fourth-order valence-corrected chi connectivity index (χ4v) is 2.14. The predicted molar refractivity (Wildman–Crippen MR) is 68.7 cm³/mol. The number of pyridine rings is 1. The van der Waals surface area contributed by atoms with Crippen LogP contribution in [0.15, 0.2) is 12.4 Å². The summed E-state index contributed by atoms with van der Waals surface area (Å²) in [4.78, 5) is 13.7. The maximum absolute atomic E-state index is 11.3. The van der Waals surface area contributed by atoms with E-state index in [0.717, 1.165) is 6.20 Å². The largest absolute Gasteiger partial charge is 0.377 e. The van der Waals surface area contributed by atoms with Gasteiger partial charge in [0.25, 0.3) is 0 Å². The number of hydrogen-bond acceptors (Lipinski definition) is 6. The van der Waals surface area contributed by atoms with E-state index in [9.17, 15) is 18.5 Å². The fourth-order valence-electron chi connectivity index (χ4n) is 1.21. The molecule has 9 heteroatoms. The molecular formula is C9H12ClN3O4S. The fraction of sp³-hybridized carbons (Fsp3) is 0.444. The van der Waals surface area contributed by atoms with Crippen LogP contribution in [0.25, 0.3) is 0 Å². The number of nitro groups is 1. The zero-order chi connectivity index (χ0) is 13.8. The lowest BCUT2D eigenvalue weighted by atomic mass is 10.3. The monoisotopic (exact) mass is 293 g/mol. The predicted octanol–water partition coefficient (Wildman–Crippen LogP) is 1.49. The Kier molecular flexibility index (Phi) is 4.85. The molecule has 1 rings (SSSR count). The zero-order valence-corrected chi connectivity index (χ0v) is 11.2. The van der Waals surface area contributed by atoms with E-state index >= 15 is 0 Å². The molecule has 0 unspecified atom stereocenters. The first-order chi connectivity index (χ1) is 8.37. The van der Waals surface area contributed by atoms with E-state index in [0.29, 0.717) is 0 Å². The van der Waals surface area contributed by atoms with Crippen molar-refractivity contribution in [2.45, 2.75) is 6.92 Å². The maximum Gasteiger partial charge on any atom is 0.311 e. The Morgan fingerprint density at radius 3 is 2.72 bits per heavy atom. The van der Waals surface area contributed by atoms with Crippen LogP contribution in [0.4, 0.5) is 11.4 Å². The summed E-state index contributed by atoms with van der Waals surface area (Å²) < 4.78 is 22.5. The Morgan fingerprint density at radius 1 is 1.50 bits per heavy atom. The molecule has 0 spiro atoms.